The van der Waals surface area contributed by atoms with Crippen molar-refractivity contribution in [1.82, 2.24) is 10.0 Å². The summed E-state index contributed by atoms with van der Waals surface area (Å²) in [5, 5.41) is 11.8. The molecule has 0 bridgehead atoms. The van der Waals surface area contributed by atoms with E-state index >= 15 is 0 Å². The first-order valence-electron chi connectivity index (χ1n) is 12.1. The number of pyridine rings is 1. The lowest BCUT2D eigenvalue weighted by atomic mass is 10.0. The van der Waals surface area contributed by atoms with Crippen LogP contribution < -0.4 is 4.74 Å². The van der Waals surface area contributed by atoms with Gasteiger partial charge in [-0.25, -0.2) is 4.98 Å². The summed E-state index contributed by atoms with van der Waals surface area (Å²) in [6, 6.07) is 30.1. The molecule has 6 heteroatoms. The number of carboxylic acid groups (broad SMARTS) is 1. The molecule has 6 nitrogen and oxygen atoms in total. The van der Waals surface area contributed by atoms with E-state index in [-0.39, 0.29) is 12.5 Å². The van der Waals surface area contributed by atoms with Crippen molar-refractivity contribution in [1.29, 1.82) is 0 Å². The topological polar surface area (TPSA) is 71.9 Å². The van der Waals surface area contributed by atoms with Gasteiger partial charge in [0.25, 0.3) is 0 Å². The van der Waals surface area contributed by atoms with Crippen LogP contribution in [-0.4, -0.2) is 34.3 Å². The van der Waals surface area contributed by atoms with Gasteiger partial charge in [0.05, 0.1) is 24.5 Å². The highest BCUT2D eigenvalue weighted by molar-refractivity contribution is 5.84. The van der Waals surface area contributed by atoms with Gasteiger partial charge < -0.3 is 14.7 Å². The smallest absolute Gasteiger partial charge is 0.307 e. The molecule has 36 heavy (non-hydrogen) atoms. The van der Waals surface area contributed by atoms with Crippen molar-refractivity contribution in [2.75, 3.05) is 13.2 Å². The molecule has 0 aliphatic heterocycles. The van der Waals surface area contributed by atoms with Gasteiger partial charge in [0.2, 0.25) is 0 Å². The first-order valence-corrected chi connectivity index (χ1v) is 12.1. The molecule has 4 rings (SSSR count). The Balaban J connectivity index is 1.56. The summed E-state index contributed by atoms with van der Waals surface area (Å²) in [5.41, 5.74) is 3.80. The molecule has 0 saturated carbocycles. The number of aromatic nitrogens is 1. The molecular weight excluding hydrogens is 452 g/mol. The SMILES string of the molecule is CC[C@@H](c1ccccc1)N(CCOc1cc2ccccc2nc1-c1ccccc1)OC=CCC(=O)O. The third-order valence-corrected chi connectivity index (χ3v) is 5.81. The summed E-state index contributed by atoms with van der Waals surface area (Å²) in [5.74, 6) is -0.203. The van der Waals surface area contributed by atoms with Gasteiger partial charge in [-0.15, -0.1) is 5.06 Å². The quantitative estimate of drug-likeness (QED) is 0.180. The molecule has 4 aromatic rings. The van der Waals surface area contributed by atoms with E-state index in [0.29, 0.717) is 18.9 Å². The molecule has 0 aliphatic carbocycles. The van der Waals surface area contributed by atoms with Crippen LogP contribution in [0.4, 0.5) is 0 Å². The Hall–Kier alpha value is -4.16. The highest BCUT2D eigenvalue weighted by Crippen LogP contribution is 2.32. The van der Waals surface area contributed by atoms with Gasteiger partial charge in [0.15, 0.2) is 0 Å². The molecular formula is C30H30N2O4. The zero-order chi connectivity index (χ0) is 25.2. The number of carboxylic acids is 1. The molecule has 1 N–H and O–H groups in total. The third-order valence-electron chi connectivity index (χ3n) is 5.81. The maximum absolute atomic E-state index is 10.9. The molecule has 0 fully saturated rings. The Morgan fingerprint density at radius 1 is 1.00 bits per heavy atom. The summed E-state index contributed by atoms with van der Waals surface area (Å²) in [4.78, 5) is 21.7. The molecule has 0 radical (unpaired) electrons. The fourth-order valence-corrected chi connectivity index (χ4v) is 4.09. The number of ether oxygens (including phenoxy) is 1. The average Bonchev–Trinajstić information content (AvgIpc) is 2.91. The fourth-order valence-electron chi connectivity index (χ4n) is 4.09. The Morgan fingerprint density at radius 3 is 2.42 bits per heavy atom. The van der Waals surface area contributed by atoms with Crippen molar-refractivity contribution < 1.29 is 19.5 Å². The summed E-state index contributed by atoms with van der Waals surface area (Å²) in [6.07, 6.45) is 3.64. The van der Waals surface area contributed by atoms with Gasteiger partial charge in [0, 0.05) is 10.9 Å². The summed E-state index contributed by atoms with van der Waals surface area (Å²) < 4.78 is 6.30. The number of hydrogen-bond acceptors (Lipinski definition) is 5. The van der Waals surface area contributed by atoms with Gasteiger partial charge in [-0.3, -0.25) is 4.79 Å². The highest BCUT2D eigenvalue weighted by atomic mass is 16.7. The van der Waals surface area contributed by atoms with Crippen LogP contribution in [0, 0.1) is 0 Å². The number of hydroxylamine groups is 2. The lowest BCUT2D eigenvalue weighted by Gasteiger charge is -2.29. The largest absolute Gasteiger partial charge is 0.490 e. The number of benzene rings is 3. The Labute approximate surface area is 211 Å². The minimum Gasteiger partial charge on any atom is -0.490 e. The van der Waals surface area contributed by atoms with Gasteiger partial charge in [0.1, 0.15) is 24.3 Å². The molecule has 0 saturated heterocycles. The van der Waals surface area contributed by atoms with Gasteiger partial charge >= 0.3 is 5.97 Å². The van der Waals surface area contributed by atoms with Crippen LogP contribution in [0.15, 0.2) is 103 Å². The van der Waals surface area contributed by atoms with Crippen molar-refractivity contribution in [3.8, 4) is 17.0 Å². The minimum atomic E-state index is -0.905. The van der Waals surface area contributed by atoms with Gasteiger partial charge in [-0.1, -0.05) is 85.8 Å². The predicted octanol–water partition coefficient (Wildman–Crippen LogP) is 6.65. The molecule has 0 unspecified atom stereocenters. The zero-order valence-electron chi connectivity index (χ0n) is 20.3. The Kier molecular flexibility index (Phi) is 8.67. The second-order valence-electron chi connectivity index (χ2n) is 8.29. The average molecular weight is 483 g/mol. The van der Waals surface area contributed by atoms with Crippen molar-refractivity contribution in [3.05, 3.63) is 109 Å². The number of para-hydroxylation sites is 1. The molecule has 1 atom stereocenters. The zero-order valence-corrected chi connectivity index (χ0v) is 20.3. The second-order valence-corrected chi connectivity index (χ2v) is 8.29. The van der Waals surface area contributed by atoms with E-state index in [1.807, 2.05) is 83.9 Å². The molecule has 0 amide bonds. The van der Waals surface area contributed by atoms with Gasteiger partial charge in [-0.05, 0) is 30.2 Å². The lowest BCUT2D eigenvalue weighted by molar-refractivity contribution is -0.145. The summed E-state index contributed by atoms with van der Waals surface area (Å²) in [6.45, 7) is 2.92. The predicted molar refractivity (Wildman–Crippen MR) is 141 cm³/mol. The number of fused-ring (bicyclic) bond motifs is 1. The fraction of sp³-hybridized carbons (Fsp3) is 0.200. The third kappa shape index (κ3) is 6.49. The van der Waals surface area contributed by atoms with E-state index in [1.54, 1.807) is 0 Å². The van der Waals surface area contributed by atoms with Crippen molar-refractivity contribution in [2.45, 2.75) is 25.8 Å². The summed E-state index contributed by atoms with van der Waals surface area (Å²) in [7, 11) is 0. The minimum absolute atomic E-state index is 0.0207. The van der Waals surface area contributed by atoms with Crippen LogP contribution in [-0.2, 0) is 9.63 Å². The van der Waals surface area contributed by atoms with Crippen molar-refractivity contribution in [3.63, 3.8) is 0 Å². The molecule has 1 aromatic heterocycles. The van der Waals surface area contributed by atoms with E-state index < -0.39 is 5.97 Å². The monoisotopic (exact) mass is 482 g/mol. The number of nitrogens with zero attached hydrogens (tertiary/aromatic N) is 2. The maximum atomic E-state index is 10.9. The first kappa shape index (κ1) is 24.9. The Bertz CT molecular complexity index is 1290. The van der Waals surface area contributed by atoms with Crippen LogP contribution >= 0.6 is 0 Å². The maximum Gasteiger partial charge on any atom is 0.307 e. The van der Waals surface area contributed by atoms with E-state index in [9.17, 15) is 4.79 Å². The number of hydrogen-bond donors (Lipinski definition) is 1. The van der Waals surface area contributed by atoms with Crippen LogP contribution in [0.3, 0.4) is 0 Å². The van der Waals surface area contributed by atoms with E-state index in [0.717, 1.165) is 34.1 Å². The second kappa shape index (κ2) is 12.5. The van der Waals surface area contributed by atoms with Crippen LogP contribution in [0.1, 0.15) is 31.4 Å². The highest BCUT2D eigenvalue weighted by Gasteiger charge is 2.20. The van der Waals surface area contributed by atoms with Gasteiger partial charge in [-0.2, -0.15) is 0 Å². The summed E-state index contributed by atoms with van der Waals surface area (Å²) >= 11 is 0. The molecule has 0 spiro atoms. The number of aliphatic carboxylic acids is 1. The Morgan fingerprint density at radius 2 is 1.69 bits per heavy atom. The number of rotatable bonds is 12. The molecule has 184 valence electrons. The van der Waals surface area contributed by atoms with Crippen molar-refractivity contribution >= 4 is 16.9 Å². The van der Waals surface area contributed by atoms with Crippen LogP contribution in [0.5, 0.6) is 5.75 Å². The van der Waals surface area contributed by atoms with E-state index in [2.05, 4.69) is 19.1 Å². The standard InChI is InChI=1S/C30H30N2O4/c1-2-27(23-12-5-3-6-13-23)32(36-20-11-18-29(33)34)19-21-35-28-22-25-16-9-10-17-26(25)31-30(28)24-14-7-4-8-15-24/h3-17,20,22,27H,2,18-19,21H2,1H3,(H,33,34)/t27-/m0/s1. The van der Waals surface area contributed by atoms with Crippen molar-refractivity contribution in [2.24, 2.45) is 0 Å². The van der Waals surface area contributed by atoms with E-state index in [4.69, 9.17) is 19.7 Å². The van der Waals surface area contributed by atoms with Crippen LogP contribution in [0.25, 0.3) is 22.2 Å². The first-order chi connectivity index (χ1) is 17.7. The molecule has 3 aromatic carbocycles. The normalized spacial score (nSPS) is 12.2. The van der Waals surface area contributed by atoms with E-state index in [1.165, 1.54) is 12.3 Å². The molecule has 1 heterocycles. The number of carbonyl (C=O) groups is 1. The lowest BCUT2D eigenvalue weighted by Crippen LogP contribution is -2.31. The van der Waals surface area contributed by atoms with Crippen LogP contribution in [0.2, 0.25) is 0 Å². The molecule has 0 aliphatic rings.